The molecule has 1 aliphatic heterocycles. The van der Waals surface area contributed by atoms with E-state index in [0.29, 0.717) is 18.0 Å². The monoisotopic (exact) mass is 458 g/mol. The first-order valence-electron chi connectivity index (χ1n) is 10.4. The molecule has 0 saturated carbocycles. The van der Waals surface area contributed by atoms with E-state index in [4.69, 9.17) is 26.8 Å². The number of ether oxygens (including phenoxy) is 2. The van der Waals surface area contributed by atoms with E-state index in [1.165, 1.54) is 0 Å². The van der Waals surface area contributed by atoms with E-state index in [1.54, 1.807) is 23.1 Å². The van der Waals surface area contributed by atoms with Crippen LogP contribution in [-0.4, -0.2) is 51.5 Å². The van der Waals surface area contributed by atoms with Crippen LogP contribution in [0.3, 0.4) is 0 Å². The zero-order valence-electron chi connectivity index (χ0n) is 17.7. The van der Waals surface area contributed by atoms with Crippen molar-refractivity contribution in [3.8, 4) is 22.1 Å². The molecule has 164 valence electrons. The number of benzene rings is 1. The number of para-hydroxylation sites is 2. The van der Waals surface area contributed by atoms with Crippen molar-refractivity contribution in [3.05, 3.63) is 46.5 Å². The summed E-state index contributed by atoms with van der Waals surface area (Å²) in [6, 6.07) is 11.5. The molecule has 3 heterocycles. The molecular weight excluding hydrogens is 432 g/mol. The van der Waals surface area contributed by atoms with Gasteiger partial charge in [-0.3, -0.25) is 14.3 Å². The number of nitrogens with zero attached hydrogens (tertiary/aromatic N) is 4. The number of hydrogen-bond acceptors (Lipinski definition) is 7. The summed E-state index contributed by atoms with van der Waals surface area (Å²) >= 11 is 7.48. The van der Waals surface area contributed by atoms with Gasteiger partial charge in [0.15, 0.2) is 5.82 Å². The van der Waals surface area contributed by atoms with E-state index in [0.717, 1.165) is 47.9 Å². The molecule has 0 spiro atoms. The van der Waals surface area contributed by atoms with Crippen LogP contribution in [0.5, 0.6) is 5.75 Å². The molecule has 1 aliphatic rings. The van der Waals surface area contributed by atoms with Gasteiger partial charge < -0.3 is 9.47 Å². The SMILES string of the molecule is CCOC(=O)[C@@H]1CCCCN1Cn1nc(-c2cccs2)n(-c2ccccc2OC)c1=S. The Morgan fingerprint density at radius 2 is 2.10 bits per heavy atom. The number of rotatable bonds is 7. The molecule has 1 aromatic carbocycles. The maximum absolute atomic E-state index is 12.5. The summed E-state index contributed by atoms with van der Waals surface area (Å²) in [6.45, 7) is 3.46. The average molecular weight is 459 g/mol. The molecule has 2 aromatic heterocycles. The van der Waals surface area contributed by atoms with Gasteiger partial charge in [0.25, 0.3) is 0 Å². The van der Waals surface area contributed by atoms with Crippen molar-refractivity contribution in [3.63, 3.8) is 0 Å². The number of thiophene rings is 1. The largest absolute Gasteiger partial charge is 0.495 e. The summed E-state index contributed by atoms with van der Waals surface area (Å²) in [6.07, 6.45) is 2.84. The van der Waals surface area contributed by atoms with E-state index in [-0.39, 0.29) is 12.0 Å². The van der Waals surface area contributed by atoms with Crippen LogP contribution in [0.25, 0.3) is 16.4 Å². The van der Waals surface area contributed by atoms with Gasteiger partial charge in [-0.2, -0.15) is 0 Å². The second kappa shape index (κ2) is 9.76. The minimum Gasteiger partial charge on any atom is -0.495 e. The summed E-state index contributed by atoms with van der Waals surface area (Å²) in [5.41, 5.74) is 0.838. The van der Waals surface area contributed by atoms with Crippen molar-refractivity contribution in [1.29, 1.82) is 0 Å². The van der Waals surface area contributed by atoms with Crippen LogP contribution in [0.15, 0.2) is 41.8 Å². The summed E-state index contributed by atoms with van der Waals surface area (Å²) in [5.74, 6) is 1.31. The number of carbonyl (C=O) groups is 1. The van der Waals surface area contributed by atoms with Gasteiger partial charge in [0.05, 0.1) is 30.9 Å². The van der Waals surface area contributed by atoms with Crippen molar-refractivity contribution in [2.24, 2.45) is 0 Å². The molecule has 9 heteroatoms. The predicted molar refractivity (Wildman–Crippen MR) is 123 cm³/mol. The fraction of sp³-hybridized carbons (Fsp3) is 0.409. The molecule has 0 bridgehead atoms. The quantitative estimate of drug-likeness (QED) is 0.383. The molecule has 7 nitrogen and oxygen atoms in total. The molecule has 1 saturated heterocycles. The van der Waals surface area contributed by atoms with Crippen molar-refractivity contribution in [1.82, 2.24) is 19.2 Å². The van der Waals surface area contributed by atoms with Crippen LogP contribution < -0.4 is 4.74 Å². The van der Waals surface area contributed by atoms with E-state index >= 15 is 0 Å². The van der Waals surface area contributed by atoms with E-state index in [9.17, 15) is 4.79 Å². The standard InChI is InChI=1S/C22H26N4O3S2/c1-3-29-21(27)17-10-6-7-13-24(17)15-25-22(30)26(16-9-4-5-11-18(16)28-2)20(23-25)19-12-8-14-31-19/h4-5,8-9,11-12,14,17H,3,6-7,10,13,15H2,1-2H3/t17-/m0/s1. The number of carbonyl (C=O) groups excluding carboxylic acids is 1. The normalized spacial score (nSPS) is 16.9. The number of piperidine rings is 1. The third-order valence-corrected chi connectivity index (χ3v) is 6.65. The van der Waals surface area contributed by atoms with Gasteiger partial charge in [-0.15, -0.1) is 16.4 Å². The third-order valence-electron chi connectivity index (χ3n) is 5.39. The Hall–Kier alpha value is -2.49. The molecule has 1 atom stereocenters. The Morgan fingerprint density at radius 3 is 2.84 bits per heavy atom. The molecule has 31 heavy (non-hydrogen) atoms. The van der Waals surface area contributed by atoms with Gasteiger partial charge in [0.1, 0.15) is 11.8 Å². The van der Waals surface area contributed by atoms with Gasteiger partial charge in [-0.25, -0.2) is 4.68 Å². The van der Waals surface area contributed by atoms with E-state index in [2.05, 4.69) is 4.90 Å². The van der Waals surface area contributed by atoms with Gasteiger partial charge in [-0.05, 0) is 55.6 Å². The van der Waals surface area contributed by atoms with E-state index in [1.807, 2.05) is 53.3 Å². The summed E-state index contributed by atoms with van der Waals surface area (Å²) in [7, 11) is 1.65. The Balaban J connectivity index is 1.76. The zero-order chi connectivity index (χ0) is 21.8. The molecule has 4 rings (SSSR count). The third kappa shape index (κ3) is 4.44. The van der Waals surface area contributed by atoms with Crippen molar-refractivity contribution < 1.29 is 14.3 Å². The first kappa shape index (κ1) is 21.7. The first-order valence-corrected chi connectivity index (χ1v) is 11.7. The van der Waals surface area contributed by atoms with Crippen LogP contribution in [0, 0.1) is 4.77 Å². The van der Waals surface area contributed by atoms with Crippen molar-refractivity contribution in [2.75, 3.05) is 20.3 Å². The minimum atomic E-state index is -0.266. The number of methoxy groups -OCH3 is 1. The number of hydrogen-bond donors (Lipinski definition) is 0. The topological polar surface area (TPSA) is 61.5 Å². The van der Waals surface area contributed by atoms with Crippen molar-refractivity contribution >= 4 is 29.5 Å². The Kier molecular flexibility index (Phi) is 6.84. The Bertz CT molecular complexity index is 1090. The molecule has 3 aromatic rings. The molecule has 0 aliphatic carbocycles. The van der Waals surface area contributed by atoms with Crippen LogP contribution >= 0.6 is 23.6 Å². The number of likely N-dealkylation sites (tertiary alicyclic amines) is 1. The van der Waals surface area contributed by atoms with Gasteiger partial charge in [-0.1, -0.05) is 24.6 Å². The van der Waals surface area contributed by atoms with Crippen LogP contribution in [0.1, 0.15) is 26.2 Å². The van der Waals surface area contributed by atoms with Gasteiger partial charge >= 0.3 is 5.97 Å². The summed E-state index contributed by atoms with van der Waals surface area (Å²) in [5, 5.41) is 6.89. The lowest BCUT2D eigenvalue weighted by molar-refractivity contribution is -0.151. The average Bonchev–Trinajstić information content (AvgIpc) is 3.43. The second-order valence-electron chi connectivity index (χ2n) is 7.31. The maximum atomic E-state index is 12.5. The van der Waals surface area contributed by atoms with Gasteiger partial charge in [0, 0.05) is 6.54 Å². The molecule has 1 fully saturated rings. The number of aromatic nitrogens is 3. The fourth-order valence-electron chi connectivity index (χ4n) is 3.93. The highest BCUT2D eigenvalue weighted by Gasteiger charge is 2.31. The molecule has 0 N–H and O–H groups in total. The Labute approximate surface area is 190 Å². The summed E-state index contributed by atoms with van der Waals surface area (Å²) in [4.78, 5) is 15.6. The highest BCUT2D eigenvalue weighted by atomic mass is 32.1. The lowest BCUT2D eigenvalue weighted by Gasteiger charge is -2.33. The lowest BCUT2D eigenvalue weighted by Crippen LogP contribution is -2.46. The van der Waals surface area contributed by atoms with Crippen LogP contribution in [-0.2, 0) is 16.2 Å². The Morgan fingerprint density at radius 1 is 1.26 bits per heavy atom. The second-order valence-corrected chi connectivity index (χ2v) is 8.62. The van der Waals surface area contributed by atoms with Gasteiger partial charge in [0.2, 0.25) is 4.77 Å². The highest BCUT2D eigenvalue weighted by Crippen LogP contribution is 2.31. The number of esters is 1. The molecule has 0 radical (unpaired) electrons. The summed E-state index contributed by atoms with van der Waals surface area (Å²) < 4.78 is 15.2. The predicted octanol–water partition coefficient (Wildman–Crippen LogP) is 4.52. The maximum Gasteiger partial charge on any atom is 0.323 e. The van der Waals surface area contributed by atoms with Crippen LogP contribution in [0.2, 0.25) is 0 Å². The van der Waals surface area contributed by atoms with Crippen molar-refractivity contribution in [2.45, 2.75) is 38.9 Å². The molecular formula is C22H26N4O3S2. The smallest absolute Gasteiger partial charge is 0.323 e. The molecule has 0 unspecified atom stereocenters. The first-order chi connectivity index (χ1) is 15.1. The highest BCUT2D eigenvalue weighted by molar-refractivity contribution is 7.71. The van der Waals surface area contributed by atoms with Crippen LogP contribution in [0.4, 0.5) is 0 Å². The lowest BCUT2D eigenvalue weighted by atomic mass is 10.0. The minimum absolute atomic E-state index is 0.170. The fourth-order valence-corrected chi connectivity index (χ4v) is 4.92. The van der Waals surface area contributed by atoms with E-state index < -0.39 is 0 Å². The molecule has 0 amide bonds. The zero-order valence-corrected chi connectivity index (χ0v) is 19.3.